The summed E-state index contributed by atoms with van der Waals surface area (Å²) in [5.74, 6) is 5.51. The van der Waals surface area contributed by atoms with Gasteiger partial charge in [-0.25, -0.2) is 4.39 Å². The molecule has 0 heterocycles. The summed E-state index contributed by atoms with van der Waals surface area (Å²) in [4.78, 5) is 1.19. The SMILES string of the molecule is Cc1cccc(SCc2ccc(F)c(C#CCO)c2)c1. The van der Waals surface area contributed by atoms with Crippen LogP contribution in [0.5, 0.6) is 0 Å². The molecular weight excluding hydrogens is 271 g/mol. The minimum absolute atomic E-state index is 0.262. The fourth-order valence-corrected chi connectivity index (χ4v) is 2.72. The average molecular weight is 286 g/mol. The highest BCUT2D eigenvalue weighted by Gasteiger charge is 2.02. The van der Waals surface area contributed by atoms with Crippen LogP contribution in [0, 0.1) is 24.6 Å². The van der Waals surface area contributed by atoms with Crippen LogP contribution in [0.4, 0.5) is 4.39 Å². The minimum atomic E-state index is -0.352. The smallest absolute Gasteiger partial charge is 0.138 e. The second kappa shape index (κ2) is 7.14. The Bertz CT molecular complexity index is 656. The Morgan fingerprint density at radius 2 is 2.05 bits per heavy atom. The number of halogens is 1. The largest absolute Gasteiger partial charge is 0.384 e. The molecule has 2 aromatic rings. The van der Waals surface area contributed by atoms with E-state index in [1.165, 1.54) is 16.5 Å². The summed E-state index contributed by atoms with van der Waals surface area (Å²) in [7, 11) is 0. The third kappa shape index (κ3) is 4.12. The molecule has 0 fully saturated rings. The summed E-state index contributed by atoms with van der Waals surface area (Å²) in [6.45, 7) is 1.80. The van der Waals surface area contributed by atoms with Gasteiger partial charge in [-0.3, -0.25) is 0 Å². The summed E-state index contributed by atoms with van der Waals surface area (Å²) in [5.41, 5.74) is 2.57. The molecule has 0 bridgehead atoms. The van der Waals surface area contributed by atoms with Gasteiger partial charge < -0.3 is 5.11 Å². The van der Waals surface area contributed by atoms with Gasteiger partial charge in [0.05, 0.1) is 5.56 Å². The predicted molar refractivity (Wildman–Crippen MR) is 81.1 cm³/mol. The van der Waals surface area contributed by atoms with E-state index in [1.54, 1.807) is 23.9 Å². The lowest BCUT2D eigenvalue weighted by Crippen LogP contribution is -1.88. The van der Waals surface area contributed by atoms with Gasteiger partial charge in [-0.05, 0) is 36.8 Å². The molecule has 0 saturated heterocycles. The number of aryl methyl sites for hydroxylation is 1. The van der Waals surface area contributed by atoms with Crippen molar-refractivity contribution < 1.29 is 9.50 Å². The molecule has 0 spiro atoms. The number of rotatable bonds is 3. The molecule has 0 aliphatic rings. The molecule has 0 aliphatic heterocycles. The van der Waals surface area contributed by atoms with Crippen molar-refractivity contribution in [3.63, 3.8) is 0 Å². The lowest BCUT2D eigenvalue weighted by atomic mass is 10.1. The van der Waals surface area contributed by atoms with E-state index in [4.69, 9.17) is 5.11 Å². The number of thioether (sulfide) groups is 1. The third-order valence-corrected chi connectivity index (χ3v) is 3.79. The normalized spacial score (nSPS) is 9.95. The third-order valence-electron chi connectivity index (χ3n) is 2.73. The number of aliphatic hydroxyl groups excluding tert-OH is 1. The second-order valence-electron chi connectivity index (χ2n) is 4.38. The Labute approximate surface area is 122 Å². The fraction of sp³-hybridized carbons (Fsp3) is 0.176. The van der Waals surface area contributed by atoms with E-state index in [-0.39, 0.29) is 12.4 Å². The topological polar surface area (TPSA) is 20.2 Å². The van der Waals surface area contributed by atoms with Crippen molar-refractivity contribution in [3.05, 3.63) is 65.0 Å². The van der Waals surface area contributed by atoms with Crippen molar-refractivity contribution >= 4 is 11.8 Å². The monoisotopic (exact) mass is 286 g/mol. The summed E-state index contributed by atoms with van der Waals surface area (Å²) >= 11 is 1.71. The van der Waals surface area contributed by atoms with Crippen molar-refractivity contribution in [3.8, 4) is 11.8 Å². The van der Waals surface area contributed by atoms with E-state index < -0.39 is 0 Å². The Kier molecular flexibility index (Phi) is 5.23. The van der Waals surface area contributed by atoms with E-state index in [0.717, 1.165) is 11.3 Å². The van der Waals surface area contributed by atoms with Crippen molar-refractivity contribution in [2.45, 2.75) is 17.6 Å². The number of aliphatic hydroxyl groups is 1. The van der Waals surface area contributed by atoms with Crippen LogP contribution >= 0.6 is 11.8 Å². The molecule has 20 heavy (non-hydrogen) atoms. The molecule has 0 saturated carbocycles. The van der Waals surface area contributed by atoms with E-state index in [9.17, 15) is 4.39 Å². The molecule has 1 N–H and O–H groups in total. The quantitative estimate of drug-likeness (QED) is 0.684. The zero-order chi connectivity index (χ0) is 14.4. The first-order chi connectivity index (χ1) is 9.69. The predicted octanol–water partition coefficient (Wildman–Crippen LogP) is 3.77. The summed E-state index contributed by atoms with van der Waals surface area (Å²) < 4.78 is 13.5. The first kappa shape index (κ1) is 14.6. The van der Waals surface area contributed by atoms with Gasteiger partial charge in [-0.1, -0.05) is 35.6 Å². The van der Waals surface area contributed by atoms with Crippen LogP contribution in [0.15, 0.2) is 47.4 Å². The van der Waals surface area contributed by atoms with Crippen LogP contribution in [0.3, 0.4) is 0 Å². The van der Waals surface area contributed by atoms with Crippen molar-refractivity contribution in [2.75, 3.05) is 6.61 Å². The molecule has 0 aliphatic carbocycles. The van der Waals surface area contributed by atoms with Crippen molar-refractivity contribution in [2.24, 2.45) is 0 Å². The zero-order valence-corrected chi connectivity index (χ0v) is 12.0. The molecule has 0 amide bonds. The molecule has 0 radical (unpaired) electrons. The molecule has 0 unspecified atom stereocenters. The first-order valence-corrected chi connectivity index (χ1v) is 7.25. The van der Waals surface area contributed by atoms with Gasteiger partial charge in [0, 0.05) is 10.6 Å². The molecule has 2 rings (SSSR count). The molecular formula is C17H15FOS. The molecule has 2 aromatic carbocycles. The zero-order valence-electron chi connectivity index (χ0n) is 11.2. The van der Waals surface area contributed by atoms with E-state index in [1.807, 2.05) is 6.07 Å². The molecule has 1 nitrogen and oxygen atoms in total. The minimum Gasteiger partial charge on any atom is -0.384 e. The lowest BCUT2D eigenvalue weighted by molar-refractivity contribution is 0.350. The maximum absolute atomic E-state index is 13.5. The van der Waals surface area contributed by atoms with Gasteiger partial charge >= 0.3 is 0 Å². The summed E-state index contributed by atoms with van der Waals surface area (Å²) in [5, 5.41) is 8.67. The van der Waals surface area contributed by atoms with Crippen LogP contribution in [0.2, 0.25) is 0 Å². The van der Waals surface area contributed by atoms with E-state index >= 15 is 0 Å². The Morgan fingerprint density at radius 1 is 1.20 bits per heavy atom. The Morgan fingerprint density at radius 3 is 2.80 bits per heavy atom. The van der Waals surface area contributed by atoms with Crippen molar-refractivity contribution in [1.82, 2.24) is 0 Å². The van der Waals surface area contributed by atoms with Gasteiger partial charge in [0.15, 0.2) is 0 Å². The Balaban J connectivity index is 2.10. The highest BCUT2D eigenvalue weighted by Crippen LogP contribution is 2.24. The van der Waals surface area contributed by atoms with Gasteiger partial charge in [0.2, 0.25) is 0 Å². The fourth-order valence-electron chi connectivity index (χ4n) is 1.76. The number of hydrogen-bond acceptors (Lipinski definition) is 2. The van der Waals surface area contributed by atoms with Gasteiger partial charge in [-0.2, -0.15) is 0 Å². The maximum Gasteiger partial charge on any atom is 0.138 e. The average Bonchev–Trinajstić information content (AvgIpc) is 2.45. The van der Waals surface area contributed by atoms with Crippen LogP contribution in [0.1, 0.15) is 16.7 Å². The highest BCUT2D eigenvalue weighted by molar-refractivity contribution is 7.98. The van der Waals surface area contributed by atoms with E-state index in [0.29, 0.717) is 5.56 Å². The first-order valence-electron chi connectivity index (χ1n) is 6.26. The standard InChI is InChI=1S/C17H15FOS/c1-13-4-2-6-16(10-13)20-12-14-7-8-17(18)15(11-14)5-3-9-19/h2,4,6-8,10-11,19H,9,12H2,1H3. The van der Waals surface area contributed by atoms with Crippen LogP contribution in [0.25, 0.3) is 0 Å². The number of benzene rings is 2. The van der Waals surface area contributed by atoms with Crippen LogP contribution < -0.4 is 0 Å². The maximum atomic E-state index is 13.5. The van der Waals surface area contributed by atoms with E-state index in [2.05, 4.69) is 37.0 Å². The highest BCUT2D eigenvalue weighted by atomic mass is 32.2. The molecule has 0 atom stereocenters. The Hall–Kier alpha value is -1.76. The summed E-state index contributed by atoms with van der Waals surface area (Å²) in [6, 6.07) is 13.2. The molecule has 0 aromatic heterocycles. The summed E-state index contributed by atoms with van der Waals surface area (Å²) in [6.07, 6.45) is 0. The number of hydrogen-bond donors (Lipinski definition) is 1. The van der Waals surface area contributed by atoms with Crippen LogP contribution in [-0.2, 0) is 5.75 Å². The van der Waals surface area contributed by atoms with Gasteiger partial charge in [0.1, 0.15) is 12.4 Å². The lowest BCUT2D eigenvalue weighted by Gasteiger charge is -2.04. The molecule has 3 heteroatoms. The van der Waals surface area contributed by atoms with Crippen LogP contribution in [-0.4, -0.2) is 11.7 Å². The second-order valence-corrected chi connectivity index (χ2v) is 5.43. The molecule has 102 valence electrons. The van der Waals surface area contributed by atoms with Gasteiger partial charge in [-0.15, -0.1) is 11.8 Å². The van der Waals surface area contributed by atoms with Gasteiger partial charge in [0.25, 0.3) is 0 Å². The van der Waals surface area contributed by atoms with Crippen molar-refractivity contribution in [1.29, 1.82) is 0 Å².